The summed E-state index contributed by atoms with van der Waals surface area (Å²) < 4.78 is 19.0. The smallest absolute Gasteiger partial charge is 0.287 e. The van der Waals surface area contributed by atoms with E-state index in [0.29, 0.717) is 18.4 Å². The van der Waals surface area contributed by atoms with Crippen LogP contribution in [0.1, 0.15) is 40.8 Å². The molecular formula is C17H20FN3O3. The zero-order valence-electron chi connectivity index (χ0n) is 13.5. The number of hydrogen-bond donors (Lipinski definition) is 3. The third-order valence-electron chi connectivity index (χ3n) is 4.36. The molecule has 1 atom stereocenters. The second kappa shape index (κ2) is 6.60. The third-order valence-corrected chi connectivity index (χ3v) is 4.36. The number of H-pyrrole nitrogens is 1. The Morgan fingerprint density at radius 2 is 2.25 bits per heavy atom. The second-order valence-electron chi connectivity index (χ2n) is 6.15. The van der Waals surface area contributed by atoms with Crippen molar-refractivity contribution < 1.29 is 19.0 Å². The fourth-order valence-corrected chi connectivity index (χ4v) is 2.99. The molecule has 3 N–H and O–H groups in total. The molecule has 7 heteroatoms. The first-order valence-electron chi connectivity index (χ1n) is 7.82. The molecule has 24 heavy (non-hydrogen) atoms. The minimum absolute atomic E-state index is 0.0489. The van der Waals surface area contributed by atoms with Gasteiger partial charge in [0.1, 0.15) is 0 Å². The summed E-state index contributed by atoms with van der Waals surface area (Å²) in [5.74, 6) is -0.424. The maximum absolute atomic E-state index is 14.0. The van der Waals surface area contributed by atoms with Crippen LogP contribution >= 0.6 is 0 Å². The van der Waals surface area contributed by atoms with E-state index >= 15 is 0 Å². The quantitative estimate of drug-likeness (QED) is 0.782. The first kappa shape index (κ1) is 16.4. The number of benzene rings is 1. The van der Waals surface area contributed by atoms with Crippen molar-refractivity contribution >= 4 is 5.91 Å². The number of halogens is 1. The van der Waals surface area contributed by atoms with Gasteiger partial charge in [0.2, 0.25) is 0 Å². The number of hydrogen-bond acceptors (Lipinski definition) is 4. The van der Waals surface area contributed by atoms with Crippen molar-refractivity contribution in [1.29, 1.82) is 0 Å². The highest BCUT2D eigenvalue weighted by Crippen LogP contribution is 2.39. The summed E-state index contributed by atoms with van der Waals surface area (Å²) in [6.45, 7) is 1.81. The van der Waals surface area contributed by atoms with Crippen LogP contribution in [0.25, 0.3) is 0 Å². The van der Waals surface area contributed by atoms with Gasteiger partial charge in [-0.15, -0.1) is 0 Å². The van der Waals surface area contributed by atoms with Crippen molar-refractivity contribution in [1.82, 2.24) is 15.3 Å². The van der Waals surface area contributed by atoms with Crippen molar-refractivity contribution in [3.05, 3.63) is 47.3 Å². The highest BCUT2D eigenvalue weighted by atomic mass is 19.1. The van der Waals surface area contributed by atoms with Crippen LogP contribution in [0.5, 0.6) is 5.75 Å². The summed E-state index contributed by atoms with van der Waals surface area (Å²) in [4.78, 5) is 19.3. The number of nitrogens with zero attached hydrogens (tertiary/aromatic N) is 1. The number of rotatable bonds is 5. The van der Waals surface area contributed by atoms with E-state index < -0.39 is 11.9 Å². The van der Waals surface area contributed by atoms with Crippen LogP contribution in [0.2, 0.25) is 0 Å². The molecule has 1 fully saturated rings. The van der Waals surface area contributed by atoms with Crippen LogP contribution in [0.3, 0.4) is 0 Å². The van der Waals surface area contributed by atoms with Crippen LogP contribution in [0.4, 0.5) is 4.39 Å². The minimum atomic E-state index is -0.483. The van der Waals surface area contributed by atoms with E-state index in [0.717, 1.165) is 5.69 Å². The standard InChI is InChI=1S/C17H20FN3O3/c1-9-8-19-16(20-9)17(23)21-15(11-5-12(22)6-11)10-3-4-14(24-2)13(18)7-10/h3-4,7-8,11-12,15,22H,5-6H2,1-2H3,(H,19,20)(H,21,23)/t11?,12?,15-/m0/s1. The topological polar surface area (TPSA) is 87.2 Å². The van der Waals surface area contributed by atoms with Crippen molar-refractivity contribution in [3.63, 3.8) is 0 Å². The van der Waals surface area contributed by atoms with Gasteiger partial charge in [-0.25, -0.2) is 9.37 Å². The molecular weight excluding hydrogens is 313 g/mol. The van der Waals surface area contributed by atoms with Gasteiger partial charge < -0.3 is 20.1 Å². The maximum atomic E-state index is 14.0. The highest BCUT2D eigenvalue weighted by Gasteiger charge is 2.36. The summed E-state index contributed by atoms with van der Waals surface area (Å²) in [5.41, 5.74) is 1.42. The number of aliphatic hydroxyl groups excluding tert-OH is 1. The molecule has 1 saturated carbocycles. The van der Waals surface area contributed by atoms with Gasteiger partial charge in [0.15, 0.2) is 17.4 Å². The van der Waals surface area contributed by atoms with Crippen molar-refractivity contribution in [3.8, 4) is 5.75 Å². The molecule has 0 unspecified atom stereocenters. The molecule has 3 rings (SSSR count). The molecule has 1 aliphatic carbocycles. The number of ether oxygens (including phenoxy) is 1. The number of amides is 1. The van der Waals surface area contributed by atoms with Gasteiger partial charge >= 0.3 is 0 Å². The predicted molar refractivity (Wildman–Crippen MR) is 85.2 cm³/mol. The summed E-state index contributed by atoms with van der Waals surface area (Å²) >= 11 is 0. The molecule has 2 aromatic rings. The lowest BCUT2D eigenvalue weighted by molar-refractivity contribution is 0.0233. The number of carbonyl (C=O) groups is 1. The Labute approximate surface area is 139 Å². The number of imidazole rings is 1. The molecule has 1 aliphatic rings. The third kappa shape index (κ3) is 3.26. The Kier molecular flexibility index (Phi) is 4.53. The van der Waals surface area contributed by atoms with Gasteiger partial charge in [-0.1, -0.05) is 6.07 Å². The number of aliphatic hydroxyl groups is 1. The van der Waals surface area contributed by atoms with Gasteiger partial charge in [0.25, 0.3) is 5.91 Å². The molecule has 0 spiro atoms. The molecule has 1 heterocycles. The fraction of sp³-hybridized carbons (Fsp3) is 0.412. The highest BCUT2D eigenvalue weighted by molar-refractivity contribution is 5.90. The molecule has 128 valence electrons. The van der Waals surface area contributed by atoms with E-state index in [9.17, 15) is 14.3 Å². The number of aromatic amines is 1. The van der Waals surface area contributed by atoms with Crippen molar-refractivity contribution in [2.45, 2.75) is 31.9 Å². The van der Waals surface area contributed by atoms with E-state index in [-0.39, 0.29) is 29.5 Å². The van der Waals surface area contributed by atoms with E-state index in [1.165, 1.54) is 19.2 Å². The van der Waals surface area contributed by atoms with E-state index in [1.54, 1.807) is 12.3 Å². The lowest BCUT2D eigenvalue weighted by atomic mass is 9.75. The van der Waals surface area contributed by atoms with Gasteiger partial charge in [-0.2, -0.15) is 0 Å². The molecule has 1 aromatic heterocycles. The monoisotopic (exact) mass is 333 g/mol. The molecule has 0 bridgehead atoms. The Hall–Kier alpha value is -2.41. The fourth-order valence-electron chi connectivity index (χ4n) is 2.99. The zero-order valence-corrected chi connectivity index (χ0v) is 13.5. The second-order valence-corrected chi connectivity index (χ2v) is 6.15. The number of aromatic nitrogens is 2. The lowest BCUT2D eigenvalue weighted by Crippen LogP contribution is -2.41. The molecule has 0 radical (unpaired) electrons. The SMILES string of the molecule is COc1ccc([C@H](NC(=O)c2ncc(C)[nH]2)C2CC(O)C2)cc1F. The molecule has 1 amide bonds. The number of aryl methyl sites for hydroxylation is 1. The van der Waals surface area contributed by atoms with Crippen molar-refractivity contribution in [2.24, 2.45) is 5.92 Å². The van der Waals surface area contributed by atoms with Gasteiger partial charge in [-0.3, -0.25) is 4.79 Å². The van der Waals surface area contributed by atoms with Crippen LogP contribution in [0.15, 0.2) is 24.4 Å². The first-order chi connectivity index (χ1) is 11.5. The molecule has 1 aromatic carbocycles. The number of methoxy groups -OCH3 is 1. The average Bonchev–Trinajstić information content (AvgIpc) is 2.96. The normalized spacial score (nSPS) is 21.0. The van der Waals surface area contributed by atoms with Gasteiger partial charge in [0, 0.05) is 11.9 Å². The molecule has 0 aliphatic heterocycles. The largest absolute Gasteiger partial charge is 0.494 e. The zero-order chi connectivity index (χ0) is 17.3. The van der Waals surface area contributed by atoms with Crippen LogP contribution in [-0.2, 0) is 0 Å². The van der Waals surface area contributed by atoms with Crippen LogP contribution in [-0.4, -0.2) is 34.2 Å². The number of carbonyl (C=O) groups excluding carboxylic acids is 1. The van der Waals surface area contributed by atoms with E-state index in [4.69, 9.17) is 4.74 Å². The summed E-state index contributed by atoms with van der Waals surface area (Å²) in [6.07, 6.45) is 2.33. The summed E-state index contributed by atoms with van der Waals surface area (Å²) in [5, 5.41) is 12.5. The summed E-state index contributed by atoms with van der Waals surface area (Å²) in [7, 11) is 1.40. The Balaban J connectivity index is 1.83. The molecule has 0 saturated heterocycles. The Bertz CT molecular complexity index is 740. The number of nitrogens with one attached hydrogen (secondary N) is 2. The summed E-state index contributed by atoms with van der Waals surface area (Å²) in [6, 6.07) is 4.23. The predicted octanol–water partition coefficient (Wildman–Crippen LogP) is 2.11. The molecule has 6 nitrogen and oxygen atoms in total. The van der Waals surface area contributed by atoms with Crippen LogP contribution in [0, 0.1) is 18.7 Å². The maximum Gasteiger partial charge on any atom is 0.287 e. The van der Waals surface area contributed by atoms with Gasteiger partial charge in [-0.05, 0) is 43.4 Å². The van der Waals surface area contributed by atoms with Crippen LogP contribution < -0.4 is 10.1 Å². The Morgan fingerprint density at radius 3 is 2.79 bits per heavy atom. The minimum Gasteiger partial charge on any atom is -0.494 e. The lowest BCUT2D eigenvalue weighted by Gasteiger charge is -2.38. The van der Waals surface area contributed by atoms with Crippen molar-refractivity contribution in [2.75, 3.05) is 7.11 Å². The average molecular weight is 333 g/mol. The van der Waals surface area contributed by atoms with E-state index in [2.05, 4.69) is 15.3 Å². The van der Waals surface area contributed by atoms with Gasteiger partial charge in [0.05, 0.1) is 19.3 Å². The van der Waals surface area contributed by atoms with E-state index in [1.807, 2.05) is 6.92 Å². The first-order valence-corrected chi connectivity index (χ1v) is 7.82. The Morgan fingerprint density at radius 1 is 1.50 bits per heavy atom.